The van der Waals surface area contributed by atoms with Gasteiger partial charge in [0.1, 0.15) is 0 Å². The Labute approximate surface area is 115 Å². The predicted molar refractivity (Wildman–Crippen MR) is 79.0 cm³/mol. The van der Waals surface area contributed by atoms with E-state index in [4.69, 9.17) is 0 Å². The highest BCUT2D eigenvalue weighted by molar-refractivity contribution is 7.98. The van der Waals surface area contributed by atoms with E-state index in [-0.39, 0.29) is 18.0 Å². The molecule has 3 atom stereocenters. The highest BCUT2D eigenvalue weighted by Gasteiger charge is 2.22. The molecule has 108 valence electrons. The highest BCUT2D eigenvalue weighted by atomic mass is 32.2. The molecule has 0 aromatic rings. The number of carbonyl (C=O) groups excluding carboxylic acids is 1. The number of thioether (sulfide) groups is 1. The second-order valence-electron chi connectivity index (χ2n) is 5.23. The fourth-order valence-electron chi connectivity index (χ4n) is 1.70. The van der Waals surface area contributed by atoms with E-state index in [2.05, 4.69) is 17.6 Å². The highest BCUT2D eigenvalue weighted by Crippen LogP contribution is 2.09. The largest absolute Gasteiger partial charge is 0.388 e. The van der Waals surface area contributed by atoms with Crippen LogP contribution in [-0.2, 0) is 4.79 Å². The molecule has 1 amide bonds. The van der Waals surface area contributed by atoms with Crippen LogP contribution in [-0.4, -0.2) is 47.3 Å². The van der Waals surface area contributed by atoms with E-state index < -0.39 is 5.60 Å². The maximum atomic E-state index is 11.8. The van der Waals surface area contributed by atoms with Gasteiger partial charge in [0.05, 0.1) is 11.6 Å². The molecule has 0 aliphatic heterocycles. The number of aliphatic hydroxyl groups is 1. The van der Waals surface area contributed by atoms with Gasteiger partial charge in [-0.05, 0) is 33.4 Å². The predicted octanol–water partition coefficient (Wildman–Crippen LogP) is 1.38. The topological polar surface area (TPSA) is 61.4 Å². The number of hydrogen-bond acceptors (Lipinski definition) is 4. The van der Waals surface area contributed by atoms with Gasteiger partial charge in [-0.2, -0.15) is 11.8 Å². The Bertz CT molecular complexity index is 247. The second kappa shape index (κ2) is 8.77. The zero-order valence-corrected chi connectivity index (χ0v) is 13.1. The fraction of sp³-hybridized carbons (Fsp3) is 0.923. The van der Waals surface area contributed by atoms with Crippen molar-refractivity contribution in [2.45, 2.75) is 58.2 Å². The first-order valence-electron chi connectivity index (χ1n) is 6.57. The first kappa shape index (κ1) is 17.7. The maximum Gasteiger partial charge on any atom is 0.237 e. The van der Waals surface area contributed by atoms with Crippen LogP contribution in [0.3, 0.4) is 0 Å². The molecule has 0 radical (unpaired) electrons. The SMILES string of the molecule is CCCC(C)NC(=O)C(C)NCC(C)(O)CSC. The van der Waals surface area contributed by atoms with Crippen LogP contribution >= 0.6 is 11.8 Å². The number of carbonyl (C=O) groups is 1. The minimum absolute atomic E-state index is 0.00379. The smallest absolute Gasteiger partial charge is 0.237 e. The van der Waals surface area contributed by atoms with Gasteiger partial charge in [0.15, 0.2) is 0 Å². The molecule has 4 nitrogen and oxygen atoms in total. The zero-order chi connectivity index (χ0) is 14.2. The lowest BCUT2D eigenvalue weighted by Crippen LogP contribution is -2.50. The van der Waals surface area contributed by atoms with Crippen molar-refractivity contribution in [1.82, 2.24) is 10.6 Å². The van der Waals surface area contributed by atoms with E-state index in [1.54, 1.807) is 18.7 Å². The van der Waals surface area contributed by atoms with Crippen molar-refractivity contribution < 1.29 is 9.90 Å². The quantitative estimate of drug-likeness (QED) is 0.595. The molecule has 3 N–H and O–H groups in total. The molecule has 18 heavy (non-hydrogen) atoms. The molecule has 0 heterocycles. The minimum atomic E-state index is -0.775. The molecule has 5 heteroatoms. The van der Waals surface area contributed by atoms with Gasteiger partial charge in [-0.3, -0.25) is 4.79 Å². The minimum Gasteiger partial charge on any atom is -0.388 e. The molecule has 0 spiro atoms. The lowest BCUT2D eigenvalue weighted by Gasteiger charge is -2.25. The summed E-state index contributed by atoms with van der Waals surface area (Å²) < 4.78 is 0. The standard InChI is InChI=1S/C13H28N2O2S/c1-6-7-10(2)15-12(16)11(3)14-8-13(4,17)9-18-5/h10-11,14,17H,6-9H2,1-5H3,(H,15,16). The van der Waals surface area contributed by atoms with Crippen LogP contribution in [0.5, 0.6) is 0 Å². The molecule has 0 bridgehead atoms. The van der Waals surface area contributed by atoms with Gasteiger partial charge in [-0.25, -0.2) is 0 Å². The van der Waals surface area contributed by atoms with Gasteiger partial charge in [-0.15, -0.1) is 0 Å². The van der Waals surface area contributed by atoms with Crippen molar-refractivity contribution in [3.8, 4) is 0 Å². The monoisotopic (exact) mass is 276 g/mol. The molecule has 0 rings (SSSR count). The molecule has 0 fully saturated rings. The van der Waals surface area contributed by atoms with Gasteiger partial charge >= 0.3 is 0 Å². The maximum absolute atomic E-state index is 11.8. The Hall–Kier alpha value is -0.260. The van der Waals surface area contributed by atoms with E-state index in [0.29, 0.717) is 12.3 Å². The summed E-state index contributed by atoms with van der Waals surface area (Å²) in [6.07, 6.45) is 4.01. The third-order valence-electron chi connectivity index (χ3n) is 2.75. The Morgan fingerprint density at radius 3 is 2.56 bits per heavy atom. The molecular weight excluding hydrogens is 248 g/mol. The van der Waals surface area contributed by atoms with Crippen molar-refractivity contribution in [2.75, 3.05) is 18.6 Å². The average molecular weight is 276 g/mol. The lowest BCUT2D eigenvalue weighted by molar-refractivity contribution is -0.123. The van der Waals surface area contributed by atoms with Crippen molar-refractivity contribution in [1.29, 1.82) is 0 Å². The Kier molecular flexibility index (Phi) is 8.65. The Balaban J connectivity index is 4.01. The van der Waals surface area contributed by atoms with Crippen LogP contribution in [0.25, 0.3) is 0 Å². The van der Waals surface area contributed by atoms with Gasteiger partial charge in [0.2, 0.25) is 5.91 Å². The second-order valence-corrected chi connectivity index (χ2v) is 6.10. The van der Waals surface area contributed by atoms with E-state index in [0.717, 1.165) is 12.8 Å². The summed E-state index contributed by atoms with van der Waals surface area (Å²) in [6.45, 7) is 8.14. The van der Waals surface area contributed by atoms with Crippen molar-refractivity contribution in [2.24, 2.45) is 0 Å². The van der Waals surface area contributed by atoms with Crippen LogP contribution in [0.15, 0.2) is 0 Å². The first-order chi connectivity index (χ1) is 8.32. The summed E-state index contributed by atoms with van der Waals surface area (Å²) in [5.41, 5.74) is -0.775. The van der Waals surface area contributed by atoms with Crippen molar-refractivity contribution in [3.05, 3.63) is 0 Å². The van der Waals surface area contributed by atoms with Crippen LogP contribution in [0.1, 0.15) is 40.5 Å². The third-order valence-corrected chi connectivity index (χ3v) is 3.66. The van der Waals surface area contributed by atoms with Crippen LogP contribution in [0, 0.1) is 0 Å². The van der Waals surface area contributed by atoms with E-state index in [9.17, 15) is 9.90 Å². The van der Waals surface area contributed by atoms with E-state index in [1.165, 1.54) is 0 Å². The van der Waals surface area contributed by atoms with Crippen molar-refractivity contribution in [3.63, 3.8) is 0 Å². The van der Waals surface area contributed by atoms with Gasteiger partial charge in [0, 0.05) is 18.3 Å². The van der Waals surface area contributed by atoms with Gasteiger partial charge in [-0.1, -0.05) is 13.3 Å². The van der Waals surface area contributed by atoms with Crippen LogP contribution in [0.4, 0.5) is 0 Å². The summed E-state index contributed by atoms with van der Waals surface area (Å²) in [5.74, 6) is 0.650. The molecule has 0 saturated heterocycles. The van der Waals surface area contributed by atoms with Gasteiger partial charge < -0.3 is 15.7 Å². The summed E-state index contributed by atoms with van der Waals surface area (Å²) in [4.78, 5) is 11.8. The Morgan fingerprint density at radius 1 is 1.44 bits per heavy atom. The number of nitrogens with one attached hydrogen (secondary N) is 2. The van der Waals surface area contributed by atoms with E-state index in [1.807, 2.05) is 20.1 Å². The molecule has 0 aromatic carbocycles. The average Bonchev–Trinajstić information content (AvgIpc) is 2.26. The van der Waals surface area contributed by atoms with Gasteiger partial charge in [0.25, 0.3) is 0 Å². The molecule has 0 aromatic heterocycles. The summed E-state index contributed by atoms with van der Waals surface area (Å²) in [7, 11) is 0. The van der Waals surface area contributed by atoms with E-state index >= 15 is 0 Å². The first-order valence-corrected chi connectivity index (χ1v) is 7.97. The zero-order valence-electron chi connectivity index (χ0n) is 12.2. The van der Waals surface area contributed by atoms with Crippen molar-refractivity contribution >= 4 is 17.7 Å². The summed E-state index contributed by atoms with van der Waals surface area (Å²) >= 11 is 1.60. The number of amides is 1. The van der Waals surface area contributed by atoms with Crippen LogP contribution < -0.4 is 10.6 Å². The Morgan fingerprint density at radius 2 is 2.06 bits per heavy atom. The van der Waals surface area contributed by atoms with Crippen LogP contribution in [0.2, 0.25) is 0 Å². The molecular formula is C13H28N2O2S. The lowest BCUT2D eigenvalue weighted by atomic mass is 10.1. The normalized spacial score (nSPS) is 17.9. The molecule has 0 saturated carbocycles. The molecule has 3 unspecified atom stereocenters. The fourth-order valence-corrected chi connectivity index (χ4v) is 2.42. The third kappa shape index (κ3) is 7.95. The summed E-state index contributed by atoms with van der Waals surface area (Å²) in [5, 5.41) is 16.0. The summed E-state index contributed by atoms with van der Waals surface area (Å²) in [6, 6.07) is -0.0731. The molecule has 0 aliphatic rings. The number of rotatable bonds is 9. The molecule has 0 aliphatic carbocycles. The number of hydrogen-bond donors (Lipinski definition) is 3.